The zero-order chi connectivity index (χ0) is 20.7. The number of benzene rings is 2. The molecule has 1 heterocycles. The van der Waals surface area contributed by atoms with E-state index in [9.17, 15) is 30.4 Å². The number of sulfonamides is 1. The Morgan fingerprint density at radius 2 is 1.71 bits per heavy atom. The third kappa shape index (κ3) is 4.23. The van der Waals surface area contributed by atoms with Crippen molar-refractivity contribution in [1.82, 2.24) is 9.78 Å². The molecule has 0 saturated carbocycles. The minimum atomic E-state index is -4.86. The summed E-state index contributed by atoms with van der Waals surface area (Å²) in [5.41, 5.74) is 0.0460. The summed E-state index contributed by atoms with van der Waals surface area (Å²) in [5.74, 6) is -2.45. The van der Waals surface area contributed by atoms with Gasteiger partial charge in [0.15, 0.2) is 0 Å². The van der Waals surface area contributed by atoms with Gasteiger partial charge in [-0.3, -0.25) is 0 Å². The molecule has 0 spiro atoms. The first-order valence-corrected chi connectivity index (χ1v) is 9.80. The minimum absolute atomic E-state index is 0.0460. The van der Waals surface area contributed by atoms with Gasteiger partial charge in [0.05, 0.1) is 5.69 Å². The molecule has 0 aliphatic carbocycles. The van der Waals surface area contributed by atoms with Crippen LogP contribution in [0.4, 0.5) is 22.0 Å². The van der Waals surface area contributed by atoms with Crippen LogP contribution in [0.1, 0.15) is 5.01 Å². The second-order valence-corrected chi connectivity index (χ2v) is 8.18. The molecule has 5 nitrogen and oxygen atoms in total. The zero-order valence-corrected chi connectivity index (χ0v) is 15.7. The predicted molar refractivity (Wildman–Crippen MR) is 90.6 cm³/mol. The molecule has 0 aliphatic rings. The van der Waals surface area contributed by atoms with E-state index in [0.717, 1.165) is 0 Å². The van der Waals surface area contributed by atoms with Crippen LogP contribution in [0.25, 0.3) is 5.69 Å². The summed E-state index contributed by atoms with van der Waals surface area (Å²) >= 11 is 5.68. The lowest BCUT2D eigenvalue weighted by Gasteiger charge is -2.03. The summed E-state index contributed by atoms with van der Waals surface area (Å²) in [6.07, 6.45) is -4.86. The van der Waals surface area contributed by atoms with Gasteiger partial charge in [-0.25, -0.2) is 13.5 Å². The second-order valence-electron chi connectivity index (χ2n) is 5.22. The van der Waals surface area contributed by atoms with Crippen molar-refractivity contribution in [3.8, 4) is 5.69 Å². The fraction of sp³-hybridized carbons (Fsp3) is 0.0667. The number of alkyl halides is 3. The molecule has 148 valence electrons. The van der Waals surface area contributed by atoms with Crippen molar-refractivity contribution in [3.63, 3.8) is 0 Å². The maximum absolute atomic E-state index is 13.8. The SMILES string of the molecule is O=S(=O)(/N=c1\sc(C(F)(F)F)nn1-c1ccc(Cl)cc1)c1ccc(F)cc1F. The first-order chi connectivity index (χ1) is 13.0. The Kier molecular flexibility index (Phi) is 5.30. The molecule has 0 unspecified atom stereocenters. The summed E-state index contributed by atoms with van der Waals surface area (Å²) < 4.78 is 94.6. The number of hydrogen-bond donors (Lipinski definition) is 0. The molecule has 0 atom stereocenters. The van der Waals surface area contributed by atoms with Crippen molar-refractivity contribution in [3.05, 3.63) is 68.9 Å². The normalized spacial score (nSPS) is 13.1. The van der Waals surface area contributed by atoms with E-state index in [4.69, 9.17) is 11.6 Å². The molecule has 0 fully saturated rings. The van der Waals surface area contributed by atoms with E-state index < -0.39 is 42.5 Å². The molecule has 28 heavy (non-hydrogen) atoms. The lowest BCUT2D eigenvalue weighted by molar-refractivity contribution is -0.138. The van der Waals surface area contributed by atoms with Crippen molar-refractivity contribution in [2.24, 2.45) is 4.40 Å². The van der Waals surface area contributed by atoms with Gasteiger partial charge in [0.2, 0.25) is 9.81 Å². The van der Waals surface area contributed by atoms with Crippen LogP contribution in [0.2, 0.25) is 5.02 Å². The van der Waals surface area contributed by atoms with E-state index in [2.05, 4.69) is 9.50 Å². The highest BCUT2D eigenvalue weighted by molar-refractivity contribution is 7.90. The summed E-state index contributed by atoms with van der Waals surface area (Å²) in [6, 6.07) is 6.94. The Hall–Kier alpha value is -2.31. The monoisotopic (exact) mass is 455 g/mol. The third-order valence-corrected chi connectivity index (χ3v) is 5.86. The predicted octanol–water partition coefficient (Wildman–Crippen LogP) is 4.17. The molecule has 3 aromatic rings. The summed E-state index contributed by atoms with van der Waals surface area (Å²) in [7, 11) is -4.79. The Morgan fingerprint density at radius 1 is 1.07 bits per heavy atom. The molecule has 0 saturated heterocycles. The van der Waals surface area contributed by atoms with E-state index in [1.165, 1.54) is 24.3 Å². The number of nitrogens with zero attached hydrogens (tertiary/aromatic N) is 3. The van der Waals surface area contributed by atoms with Gasteiger partial charge in [0.1, 0.15) is 16.5 Å². The van der Waals surface area contributed by atoms with Crippen LogP contribution < -0.4 is 4.80 Å². The molecular formula is C15H7ClF5N3O2S2. The summed E-state index contributed by atoms with van der Waals surface area (Å²) in [6.45, 7) is 0. The van der Waals surface area contributed by atoms with Crippen LogP contribution in [-0.2, 0) is 16.2 Å². The molecule has 0 N–H and O–H groups in total. The standard InChI is InChI=1S/C15H7ClF5N3O2S2/c16-8-1-4-10(5-2-8)24-14(27-13(22-24)15(19,20)21)23-28(25,26)12-6-3-9(17)7-11(12)18/h1-7H/b23-14-. The molecule has 0 aliphatic heterocycles. The smallest absolute Gasteiger partial charge is 0.207 e. The highest BCUT2D eigenvalue weighted by Gasteiger charge is 2.36. The fourth-order valence-corrected chi connectivity index (χ4v) is 4.18. The van der Waals surface area contributed by atoms with E-state index in [1.54, 1.807) is 0 Å². The van der Waals surface area contributed by atoms with Gasteiger partial charge in [-0.15, -0.1) is 9.50 Å². The molecule has 0 bridgehead atoms. The minimum Gasteiger partial charge on any atom is -0.207 e. The van der Waals surface area contributed by atoms with Crippen LogP contribution in [0.3, 0.4) is 0 Å². The molecule has 0 radical (unpaired) electrons. The van der Waals surface area contributed by atoms with Crippen LogP contribution in [0.5, 0.6) is 0 Å². The first kappa shape index (κ1) is 20.4. The number of hydrogen-bond acceptors (Lipinski definition) is 4. The molecular weight excluding hydrogens is 449 g/mol. The Morgan fingerprint density at radius 3 is 2.29 bits per heavy atom. The van der Waals surface area contributed by atoms with Crippen molar-refractivity contribution in [1.29, 1.82) is 0 Å². The average molecular weight is 456 g/mol. The highest BCUT2D eigenvalue weighted by Crippen LogP contribution is 2.30. The van der Waals surface area contributed by atoms with Gasteiger partial charge in [-0.2, -0.15) is 21.6 Å². The third-order valence-electron chi connectivity index (χ3n) is 3.24. The maximum atomic E-state index is 13.8. The summed E-state index contributed by atoms with van der Waals surface area (Å²) in [4.78, 5) is -1.67. The van der Waals surface area contributed by atoms with E-state index in [1.807, 2.05) is 0 Å². The first-order valence-electron chi connectivity index (χ1n) is 7.17. The second kappa shape index (κ2) is 7.26. The van der Waals surface area contributed by atoms with Gasteiger partial charge in [-0.05, 0) is 36.4 Å². The van der Waals surface area contributed by atoms with Gasteiger partial charge < -0.3 is 0 Å². The van der Waals surface area contributed by atoms with E-state index in [0.29, 0.717) is 22.9 Å². The van der Waals surface area contributed by atoms with Gasteiger partial charge in [0.25, 0.3) is 10.0 Å². The van der Waals surface area contributed by atoms with Crippen LogP contribution in [-0.4, -0.2) is 18.2 Å². The zero-order valence-electron chi connectivity index (χ0n) is 13.3. The van der Waals surface area contributed by atoms with Crippen LogP contribution >= 0.6 is 22.9 Å². The quantitative estimate of drug-likeness (QED) is 0.557. The Balaban J connectivity index is 2.24. The van der Waals surface area contributed by atoms with Crippen LogP contribution in [0.15, 0.2) is 51.8 Å². The topological polar surface area (TPSA) is 64.3 Å². The Bertz CT molecular complexity index is 1200. The van der Waals surface area contributed by atoms with Crippen LogP contribution in [0, 0.1) is 11.6 Å². The van der Waals surface area contributed by atoms with E-state index in [-0.39, 0.29) is 22.0 Å². The molecule has 1 aromatic heterocycles. The molecule has 3 rings (SSSR count). The van der Waals surface area contributed by atoms with Crippen molar-refractivity contribution in [2.45, 2.75) is 11.1 Å². The molecule has 0 amide bonds. The average Bonchev–Trinajstić information content (AvgIpc) is 2.98. The van der Waals surface area contributed by atoms with Gasteiger partial charge in [-0.1, -0.05) is 22.9 Å². The van der Waals surface area contributed by atoms with Crippen molar-refractivity contribution >= 4 is 33.0 Å². The fourth-order valence-electron chi connectivity index (χ4n) is 2.04. The number of aromatic nitrogens is 2. The highest BCUT2D eigenvalue weighted by atomic mass is 35.5. The van der Waals surface area contributed by atoms with Gasteiger partial charge in [0, 0.05) is 11.1 Å². The summed E-state index contributed by atoms with van der Waals surface area (Å²) in [5, 5.41) is 2.27. The largest absolute Gasteiger partial charge is 0.445 e. The lowest BCUT2D eigenvalue weighted by atomic mass is 10.3. The van der Waals surface area contributed by atoms with E-state index >= 15 is 0 Å². The lowest BCUT2D eigenvalue weighted by Crippen LogP contribution is -2.17. The molecule has 13 heteroatoms. The molecule has 2 aromatic carbocycles. The van der Waals surface area contributed by atoms with Crippen molar-refractivity contribution in [2.75, 3.05) is 0 Å². The van der Waals surface area contributed by atoms with Gasteiger partial charge >= 0.3 is 6.18 Å². The Labute approximate surface area is 163 Å². The number of rotatable bonds is 3. The number of halogens is 6. The van der Waals surface area contributed by atoms with Crippen molar-refractivity contribution < 1.29 is 30.4 Å². The maximum Gasteiger partial charge on any atom is 0.445 e.